The number of anilines is 2. The van der Waals surface area contributed by atoms with Gasteiger partial charge in [0.25, 0.3) is 0 Å². The molecule has 0 spiro atoms. The Hall–Kier alpha value is -1.22. The van der Waals surface area contributed by atoms with Crippen LogP contribution in [0.2, 0.25) is 0 Å². The second kappa shape index (κ2) is 4.14. The molecule has 0 unspecified atom stereocenters. The van der Waals surface area contributed by atoms with Crippen LogP contribution < -0.4 is 11.5 Å². The number of benzene rings is 1. The van der Waals surface area contributed by atoms with Gasteiger partial charge in [-0.2, -0.15) is 0 Å². The van der Waals surface area contributed by atoms with Crippen LogP contribution in [-0.2, 0) is 6.42 Å². The SMILES string of the molecule is CN(C)CCc1cccc(N)c1N. The molecule has 1 aromatic rings. The summed E-state index contributed by atoms with van der Waals surface area (Å²) in [5, 5.41) is 0. The standard InChI is InChI=1S/C10H17N3/c1-13(2)7-6-8-4-3-5-9(11)10(8)12/h3-5H,6-7,11-12H2,1-2H3. The maximum Gasteiger partial charge on any atom is 0.0580 e. The van der Waals surface area contributed by atoms with E-state index in [9.17, 15) is 0 Å². The van der Waals surface area contributed by atoms with Gasteiger partial charge in [0.2, 0.25) is 0 Å². The average molecular weight is 179 g/mol. The van der Waals surface area contributed by atoms with Gasteiger partial charge < -0.3 is 16.4 Å². The Morgan fingerprint density at radius 3 is 2.54 bits per heavy atom. The molecule has 0 saturated heterocycles. The van der Waals surface area contributed by atoms with Crippen LogP contribution in [0.15, 0.2) is 18.2 Å². The van der Waals surface area contributed by atoms with Gasteiger partial charge >= 0.3 is 0 Å². The highest BCUT2D eigenvalue weighted by Crippen LogP contribution is 2.19. The lowest BCUT2D eigenvalue weighted by Gasteiger charge is -2.11. The molecule has 0 atom stereocenters. The van der Waals surface area contributed by atoms with Crippen LogP contribution in [0.4, 0.5) is 11.4 Å². The van der Waals surface area contributed by atoms with Crippen molar-refractivity contribution in [3.63, 3.8) is 0 Å². The molecule has 0 aliphatic carbocycles. The van der Waals surface area contributed by atoms with Crippen LogP contribution in [-0.4, -0.2) is 25.5 Å². The van der Waals surface area contributed by atoms with E-state index in [0.717, 1.165) is 24.2 Å². The zero-order valence-corrected chi connectivity index (χ0v) is 8.25. The van der Waals surface area contributed by atoms with Gasteiger partial charge in [-0.25, -0.2) is 0 Å². The molecule has 3 heteroatoms. The summed E-state index contributed by atoms with van der Waals surface area (Å²) in [7, 11) is 4.09. The molecule has 0 amide bonds. The molecule has 13 heavy (non-hydrogen) atoms. The molecular formula is C10H17N3. The van der Waals surface area contributed by atoms with Crippen LogP contribution in [0, 0.1) is 0 Å². The molecule has 0 heterocycles. The predicted octanol–water partition coefficient (Wildman–Crippen LogP) is 0.955. The van der Waals surface area contributed by atoms with E-state index in [1.165, 1.54) is 0 Å². The Morgan fingerprint density at radius 1 is 1.23 bits per heavy atom. The molecule has 3 nitrogen and oxygen atoms in total. The Kier molecular flexibility index (Phi) is 3.14. The number of para-hydroxylation sites is 1. The van der Waals surface area contributed by atoms with Gasteiger partial charge in [-0.05, 0) is 32.1 Å². The van der Waals surface area contributed by atoms with Crippen molar-refractivity contribution in [3.05, 3.63) is 23.8 Å². The summed E-state index contributed by atoms with van der Waals surface area (Å²) in [5.74, 6) is 0. The lowest BCUT2D eigenvalue weighted by atomic mass is 10.1. The van der Waals surface area contributed by atoms with Gasteiger partial charge in [-0.15, -0.1) is 0 Å². The molecular weight excluding hydrogens is 162 g/mol. The molecule has 0 bridgehead atoms. The molecule has 0 saturated carbocycles. The van der Waals surface area contributed by atoms with Crippen LogP contribution in [0.5, 0.6) is 0 Å². The molecule has 1 rings (SSSR count). The number of hydrogen-bond donors (Lipinski definition) is 2. The first-order chi connectivity index (χ1) is 6.11. The van der Waals surface area contributed by atoms with Gasteiger partial charge in [-0.3, -0.25) is 0 Å². The number of nitrogen functional groups attached to an aromatic ring is 2. The Morgan fingerprint density at radius 2 is 1.92 bits per heavy atom. The summed E-state index contributed by atoms with van der Waals surface area (Å²) >= 11 is 0. The predicted molar refractivity (Wildman–Crippen MR) is 57.5 cm³/mol. The third-order valence-corrected chi connectivity index (χ3v) is 2.06. The maximum absolute atomic E-state index is 5.83. The van der Waals surface area contributed by atoms with Crippen molar-refractivity contribution in [3.8, 4) is 0 Å². The summed E-state index contributed by atoms with van der Waals surface area (Å²) in [5.41, 5.74) is 14.1. The fourth-order valence-electron chi connectivity index (χ4n) is 1.19. The lowest BCUT2D eigenvalue weighted by molar-refractivity contribution is 0.414. The van der Waals surface area contributed by atoms with Crippen molar-refractivity contribution in [2.75, 3.05) is 32.1 Å². The normalized spacial score (nSPS) is 10.7. The van der Waals surface area contributed by atoms with E-state index in [2.05, 4.69) is 4.90 Å². The van der Waals surface area contributed by atoms with Gasteiger partial charge in [0.15, 0.2) is 0 Å². The topological polar surface area (TPSA) is 55.3 Å². The van der Waals surface area contributed by atoms with Gasteiger partial charge in [0.1, 0.15) is 0 Å². The van der Waals surface area contributed by atoms with Crippen LogP contribution in [0.25, 0.3) is 0 Å². The highest BCUT2D eigenvalue weighted by atomic mass is 15.0. The number of nitrogens with zero attached hydrogens (tertiary/aromatic N) is 1. The van der Waals surface area contributed by atoms with Gasteiger partial charge in [-0.1, -0.05) is 12.1 Å². The smallest absolute Gasteiger partial charge is 0.0580 e. The highest BCUT2D eigenvalue weighted by molar-refractivity contribution is 5.67. The molecule has 0 aromatic heterocycles. The van der Waals surface area contributed by atoms with Gasteiger partial charge in [0.05, 0.1) is 11.4 Å². The molecule has 72 valence electrons. The van der Waals surface area contributed by atoms with Crippen LogP contribution in [0.3, 0.4) is 0 Å². The molecule has 1 aromatic carbocycles. The van der Waals surface area contributed by atoms with Crippen molar-refractivity contribution in [2.45, 2.75) is 6.42 Å². The van der Waals surface area contributed by atoms with E-state index >= 15 is 0 Å². The van der Waals surface area contributed by atoms with Crippen LogP contribution in [0.1, 0.15) is 5.56 Å². The summed E-state index contributed by atoms with van der Waals surface area (Å²) in [6.07, 6.45) is 0.948. The molecule has 0 fully saturated rings. The summed E-state index contributed by atoms with van der Waals surface area (Å²) in [6, 6.07) is 5.79. The summed E-state index contributed by atoms with van der Waals surface area (Å²) < 4.78 is 0. The number of hydrogen-bond acceptors (Lipinski definition) is 3. The lowest BCUT2D eigenvalue weighted by Crippen LogP contribution is -2.16. The van der Waals surface area contributed by atoms with Crippen molar-refractivity contribution in [2.24, 2.45) is 0 Å². The third-order valence-electron chi connectivity index (χ3n) is 2.06. The summed E-state index contributed by atoms with van der Waals surface area (Å²) in [6.45, 7) is 0.994. The van der Waals surface area contributed by atoms with Crippen molar-refractivity contribution < 1.29 is 0 Å². The monoisotopic (exact) mass is 179 g/mol. The van der Waals surface area contributed by atoms with E-state index in [1.54, 1.807) is 0 Å². The summed E-state index contributed by atoms with van der Waals surface area (Å²) in [4.78, 5) is 2.13. The van der Waals surface area contributed by atoms with Crippen molar-refractivity contribution in [1.29, 1.82) is 0 Å². The minimum atomic E-state index is 0.677. The maximum atomic E-state index is 5.83. The average Bonchev–Trinajstić information content (AvgIpc) is 2.07. The van der Waals surface area contributed by atoms with Crippen LogP contribution >= 0.6 is 0 Å². The van der Waals surface area contributed by atoms with Crippen molar-refractivity contribution >= 4 is 11.4 Å². The van der Waals surface area contributed by atoms with E-state index in [4.69, 9.17) is 11.5 Å². The molecule has 0 aliphatic heterocycles. The Bertz CT molecular complexity index is 281. The number of likely N-dealkylation sites (N-methyl/N-ethyl adjacent to an activating group) is 1. The molecule has 0 radical (unpaired) electrons. The number of rotatable bonds is 3. The third kappa shape index (κ3) is 2.63. The van der Waals surface area contributed by atoms with Crippen molar-refractivity contribution in [1.82, 2.24) is 4.90 Å². The van der Waals surface area contributed by atoms with E-state index in [0.29, 0.717) is 5.69 Å². The van der Waals surface area contributed by atoms with E-state index in [1.807, 2.05) is 32.3 Å². The number of nitrogens with two attached hydrogens (primary N) is 2. The van der Waals surface area contributed by atoms with Gasteiger partial charge in [0, 0.05) is 6.54 Å². The zero-order valence-electron chi connectivity index (χ0n) is 8.25. The fourth-order valence-corrected chi connectivity index (χ4v) is 1.19. The first-order valence-electron chi connectivity index (χ1n) is 4.39. The largest absolute Gasteiger partial charge is 0.397 e. The fraction of sp³-hybridized carbons (Fsp3) is 0.400. The Balaban J connectivity index is 2.71. The van der Waals surface area contributed by atoms with E-state index < -0.39 is 0 Å². The molecule has 0 aliphatic rings. The molecule has 4 N–H and O–H groups in total. The quantitative estimate of drug-likeness (QED) is 0.679. The second-order valence-electron chi connectivity index (χ2n) is 3.47. The first-order valence-corrected chi connectivity index (χ1v) is 4.39. The first kappa shape index (κ1) is 9.86. The van der Waals surface area contributed by atoms with E-state index in [-0.39, 0.29) is 0 Å². The minimum absolute atomic E-state index is 0.677. The highest BCUT2D eigenvalue weighted by Gasteiger charge is 2.01. The second-order valence-corrected chi connectivity index (χ2v) is 3.47. The minimum Gasteiger partial charge on any atom is -0.397 e. The zero-order chi connectivity index (χ0) is 9.84. The Labute approximate surface area is 79.3 Å².